The van der Waals surface area contributed by atoms with E-state index >= 15 is 0 Å². The lowest BCUT2D eigenvalue weighted by Crippen LogP contribution is -2.08. The largest absolute Gasteiger partial charge is 0.370 e. The molecule has 6 heteroatoms. The zero-order valence-electron chi connectivity index (χ0n) is 10.8. The lowest BCUT2D eigenvalue weighted by molar-refractivity contribution is 0.124. The van der Waals surface area contributed by atoms with Crippen molar-refractivity contribution in [1.82, 2.24) is 0 Å². The Labute approximate surface area is 108 Å². The van der Waals surface area contributed by atoms with Gasteiger partial charge in [-0.3, -0.25) is 0 Å². The molecular weight excluding hydrogens is 232 g/mol. The standard InChI is InChI=1S/C12H20N4O2/c1-9(7-13)3-5-11(17)15-16-12(18)6-4-10(2)8-14/h9-12,17-18H,3-6H2,1-2H3/t9-,10+,11-,12+. The predicted octanol–water partition coefficient (Wildman–Crippen LogP) is 1.96. The first kappa shape index (κ1) is 16.5. The molecule has 0 aromatic carbocycles. The van der Waals surface area contributed by atoms with Crippen molar-refractivity contribution in [3.63, 3.8) is 0 Å². The molecule has 0 fully saturated rings. The van der Waals surface area contributed by atoms with E-state index in [0.717, 1.165) is 0 Å². The van der Waals surface area contributed by atoms with Crippen LogP contribution >= 0.6 is 0 Å². The zero-order valence-corrected chi connectivity index (χ0v) is 10.8. The van der Waals surface area contributed by atoms with Crippen LogP contribution in [0.2, 0.25) is 0 Å². The fourth-order valence-electron chi connectivity index (χ4n) is 1.20. The van der Waals surface area contributed by atoms with Gasteiger partial charge in [-0.05, 0) is 39.5 Å². The maximum Gasteiger partial charge on any atom is 0.165 e. The van der Waals surface area contributed by atoms with Crippen LogP contribution in [-0.2, 0) is 0 Å². The minimum absolute atomic E-state index is 0.128. The number of nitriles is 2. The van der Waals surface area contributed by atoms with Gasteiger partial charge < -0.3 is 10.2 Å². The van der Waals surface area contributed by atoms with E-state index in [-0.39, 0.29) is 11.8 Å². The Hall–Kier alpha value is -1.50. The maximum absolute atomic E-state index is 9.43. The Balaban J connectivity index is 3.85. The predicted molar refractivity (Wildman–Crippen MR) is 64.9 cm³/mol. The molecule has 0 rings (SSSR count). The molecule has 2 N–H and O–H groups in total. The van der Waals surface area contributed by atoms with Gasteiger partial charge in [-0.15, -0.1) is 0 Å². The zero-order chi connectivity index (χ0) is 14.0. The number of hydrogen-bond acceptors (Lipinski definition) is 6. The van der Waals surface area contributed by atoms with Crippen LogP contribution in [0.25, 0.3) is 0 Å². The van der Waals surface area contributed by atoms with Crippen molar-refractivity contribution in [2.75, 3.05) is 0 Å². The summed E-state index contributed by atoms with van der Waals surface area (Å²) in [5, 5.41) is 43.1. The van der Waals surface area contributed by atoms with Gasteiger partial charge in [-0.2, -0.15) is 20.8 Å². The molecule has 0 aliphatic carbocycles. The summed E-state index contributed by atoms with van der Waals surface area (Å²) in [5.74, 6) is -0.257. The first-order valence-corrected chi connectivity index (χ1v) is 6.05. The molecule has 0 aromatic rings. The van der Waals surface area contributed by atoms with Crippen molar-refractivity contribution in [1.29, 1.82) is 10.5 Å². The van der Waals surface area contributed by atoms with Crippen molar-refractivity contribution >= 4 is 0 Å². The number of azo groups is 1. The topological polar surface area (TPSA) is 113 Å². The molecule has 0 spiro atoms. The average molecular weight is 252 g/mol. The minimum Gasteiger partial charge on any atom is -0.370 e. The molecule has 100 valence electrons. The van der Waals surface area contributed by atoms with Gasteiger partial charge in [0.15, 0.2) is 12.5 Å². The van der Waals surface area contributed by atoms with Crippen LogP contribution in [0, 0.1) is 34.5 Å². The second-order valence-corrected chi connectivity index (χ2v) is 4.41. The fraction of sp³-hybridized carbons (Fsp3) is 0.833. The molecule has 0 unspecified atom stereocenters. The van der Waals surface area contributed by atoms with Crippen molar-refractivity contribution in [3.8, 4) is 12.1 Å². The van der Waals surface area contributed by atoms with Crippen LogP contribution in [0.15, 0.2) is 10.2 Å². The molecule has 6 nitrogen and oxygen atoms in total. The molecule has 0 amide bonds. The molecule has 4 atom stereocenters. The number of aliphatic hydroxyl groups excluding tert-OH is 2. The second-order valence-electron chi connectivity index (χ2n) is 4.41. The summed E-state index contributed by atoms with van der Waals surface area (Å²) in [6.45, 7) is 3.53. The number of rotatable bonds is 8. The van der Waals surface area contributed by atoms with E-state index in [0.29, 0.717) is 25.7 Å². The van der Waals surface area contributed by atoms with E-state index in [2.05, 4.69) is 22.4 Å². The van der Waals surface area contributed by atoms with E-state index in [9.17, 15) is 10.2 Å². The highest BCUT2D eigenvalue weighted by Gasteiger charge is 2.08. The molecule has 0 saturated carbocycles. The van der Waals surface area contributed by atoms with E-state index in [1.807, 2.05) is 0 Å². The Morgan fingerprint density at radius 1 is 0.833 bits per heavy atom. The van der Waals surface area contributed by atoms with Crippen LogP contribution in [0.5, 0.6) is 0 Å². The lowest BCUT2D eigenvalue weighted by atomic mass is 10.1. The number of nitrogens with zero attached hydrogens (tertiary/aromatic N) is 4. The summed E-state index contributed by atoms with van der Waals surface area (Å²) in [6.07, 6.45) is -0.192. The van der Waals surface area contributed by atoms with Crippen LogP contribution in [0.4, 0.5) is 0 Å². The van der Waals surface area contributed by atoms with Gasteiger partial charge in [0.05, 0.1) is 12.1 Å². The third-order valence-corrected chi connectivity index (χ3v) is 2.49. The third-order valence-electron chi connectivity index (χ3n) is 2.49. The molecule has 0 bridgehead atoms. The molecule has 0 heterocycles. The van der Waals surface area contributed by atoms with E-state index in [1.165, 1.54) is 0 Å². The van der Waals surface area contributed by atoms with Gasteiger partial charge >= 0.3 is 0 Å². The third kappa shape index (κ3) is 8.63. The van der Waals surface area contributed by atoms with Crippen molar-refractivity contribution < 1.29 is 10.2 Å². The van der Waals surface area contributed by atoms with Crippen LogP contribution in [0.1, 0.15) is 39.5 Å². The quantitative estimate of drug-likeness (QED) is 0.643. The molecule has 0 aliphatic rings. The van der Waals surface area contributed by atoms with Crippen molar-refractivity contribution in [3.05, 3.63) is 0 Å². The summed E-state index contributed by atoms with van der Waals surface area (Å²) in [7, 11) is 0. The molecule has 0 saturated heterocycles. The Kier molecular flexibility index (Phi) is 8.73. The van der Waals surface area contributed by atoms with Crippen molar-refractivity contribution in [2.24, 2.45) is 22.1 Å². The number of aliphatic hydroxyl groups is 2. The van der Waals surface area contributed by atoms with Gasteiger partial charge in [-0.1, -0.05) is 0 Å². The van der Waals surface area contributed by atoms with Gasteiger partial charge in [0, 0.05) is 11.8 Å². The SMILES string of the molecule is C[C@H](C#N)CC[C@H](O)N=N[C@H](O)CC[C@@H](C)C#N. The summed E-state index contributed by atoms with van der Waals surface area (Å²) in [5.41, 5.74) is 0. The first-order chi connectivity index (χ1) is 8.49. The Morgan fingerprint density at radius 3 is 1.44 bits per heavy atom. The molecule has 18 heavy (non-hydrogen) atoms. The molecule has 0 radical (unpaired) electrons. The van der Waals surface area contributed by atoms with Crippen LogP contribution in [0.3, 0.4) is 0 Å². The van der Waals surface area contributed by atoms with E-state index < -0.39 is 12.5 Å². The highest BCUT2D eigenvalue weighted by molar-refractivity contribution is 4.79. The summed E-state index contributed by atoms with van der Waals surface area (Å²) in [6, 6.07) is 4.12. The number of hydrogen-bond donors (Lipinski definition) is 2. The second kappa shape index (κ2) is 9.52. The molecule has 0 aromatic heterocycles. The minimum atomic E-state index is -0.983. The lowest BCUT2D eigenvalue weighted by Gasteiger charge is -2.08. The van der Waals surface area contributed by atoms with Crippen molar-refractivity contribution in [2.45, 2.75) is 52.0 Å². The molecular formula is C12H20N4O2. The maximum atomic E-state index is 9.43. The summed E-state index contributed by atoms with van der Waals surface area (Å²) < 4.78 is 0. The van der Waals surface area contributed by atoms with Crippen LogP contribution in [-0.4, -0.2) is 22.7 Å². The molecule has 0 aliphatic heterocycles. The Bertz CT molecular complexity index is 300. The summed E-state index contributed by atoms with van der Waals surface area (Å²) >= 11 is 0. The Morgan fingerprint density at radius 2 is 1.17 bits per heavy atom. The highest BCUT2D eigenvalue weighted by Crippen LogP contribution is 2.10. The first-order valence-electron chi connectivity index (χ1n) is 6.05. The van der Waals surface area contributed by atoms with E-state index in [1.54, 1.807) is 13.8 Å². The smallest absolute Gasteiger partial charge is 0.165 e. The van der Waals surface area contributed by atoms with E-state index in [4.69, 9.17) is 10.5 Å². The van der Waals surface area contributed by atoms with Gasteiger partial charge in [0.2, 0.25) is 0 Å². The average Bonchev–Trinajstić information content (AvgIpc) is 2.39. The highest BCUT2D eigenvalue weighted by atomic mass is 16.3. The van der Waals surface area contributed by atoms with Gasteiger partial charge in [0.1, 0.15) is 0 Å². The normalized spacial score (nSPS) is 17.7. The van der Waals surface area contributed by atoms with Gasteiger partial charge in [-0.25, -0.2) is 0 Å². The monoisotopic (exact) mass is 252 g/mol. The fourth-order valence-corrected chi connectivity index (χ4v) is 1.20. The van der Waals surface area contributed by atoms with Crippen LogP contribution < -0.4 is 0 Å². The van der Waals surface area contributed by atoms with Gasteiger partial charge in [0.25, 0.3) is 0 Å². The summed E-state index contributed by atoms with van der Waals surface area (Å²) in [4.78, 5) is 0.